The van der Waals surface area contributed by atoms with E-state index in [4.69, 9.17) is 5.73 Å². The highest BCUT2D eigenvalue weighted by molar-refractivity contribution is 7.11. The zero-order valence-electron chi connectivity index (χ0n) is 11.1. The van der Waals surface area contributed by atoms with Gasteiger partial charge in [0.2, 0.25) is 0 Å². The van der Waals surface area contributed by atoms with E-state index in [1.165, 1.54) is 11.3 Å². The molecule has 1 aliphatic rings. The molecule has 0 bridgehead atoms. The van der Waals surface area contributed by atoms with Gasteiger partial charge in [0.1, 0.15) is 16.5 Å². The van der Waals surface area contributed by atoms with E-state index in [9.17, 15) is 4.79 Å². The number of carbonyl (C=O) groups is 1. The summed E-state index contributed by atoms with van der Waals surface area (Å²) in [5.41, 5.74) is 8.28. The first-order valence-corrected chi connectivity index (χ1v) is 7.33. The van der Waals surface area contributed by atoms with Crippen LogP contribution in [0.5, 0.6) is 0 Å². The molecule has 1 amide bonds. The fourth-order valence-electron chi connectivity index (χ4n) is 2.57. The van der Waals surface area contributed by atoms with Crippen LogP contribution in [0.4, 0.5) is 5.82 Å². The number of nitrogen functional groups attached to an aromatic ring is 1. The van der Waals surface area contributed by atoms with Gasteiger partial charge in [-0.15, -0.1) is 11.3 Å². The fourth-order valence-corrected chi connectivity index (χ4v) is 3.14. The van der Waals surface area contributed by atoms with Crippen molar-refractivity contribution >= 4 is 23.1 Å². The molecular formula is C13H15N5OS. The Kier molecular flexibility index (Phi) is 3.35. The molecule has 3 rings (SSSR count). The second kappa shape index (κ2) is 5.16. The van der Waals surface area contributed by atoms with Crippen LogP contribution in [0.25, 0.3) is 0 Å². The molecule has 1 fully saturated rings. The summed E-state index contributed by atoms with van der Waals surface area (Å²) in [6, 6.07) is 1.74. The van der Waals surface area contributed by atoms with E-state index in [-0.39, 0.29) is 11.9 Å². The largest absolute Gasteiger partial charge is 0.384 e. The summed E-state index contributed by atoms with van der Waals surface area (Å²) in [4.78, 5) is 27.5. The topological polar surface area (TPSA) is 85.0 Å². The Hall–Kier alpha value is -2.02. The number of thiazole rings is 1. The molecule has 0 radical (unpaired) electrons. The maximum atomic E-state index is 12.5. The number of likely N-dealkylation sites (tertiary alicyclic amines) is 1. The van der Waals surface area contributed by atoms with Gasteiger partial charge in [0, 0.05) is 12.6 Å². The molecule has 0 aliphatic carbocycles. The Labute approximate surface area is 120 Å². The number of rotatable bonds is 2. The van der Waals surface area contributed by atoms with Crippen LogP contribution >= 0.6 is 11.3 Å². The van der Waals surface area contributed by atoms with Crippen LogP contribution in [0.15, 0.2) is 17.8 Å². The first-order chi connectivity index (χ1) is 9.65. The third-order valence-electron chi connectivity index (χ3n) is 3.38. The van der Waals surface area contributed by atoms with Crippen LogP contribution < -0.4 is 5.73 Å². The molecule has 2 N–H and O–H groups in total. The van der Waals surface area contributed by atoms with Gasteiger partial charge >= 0.3 is 0 Å². The third kappa shape index (κ3) is 2.36. The predicted molar refractivity (Wildman–Crippen MR) is 76.3 cm³/mol. The van der Waals surface area contributed by atoms with Gasteiger partial charge < -0.3 is 10.6 Å². The Morgan fingerprint density at radius 1 is 1.50 bits per heavy atom. The Balaban J connectivity index is 1.90. The molecule has 0 aromatic carbocycles. The van der Waals surface area contributed by atoms with Gasteiger partial charge in [-0.25, -0.2) is 9.97 Å². The highest BCUT2D eigenvalue weighted by Crippen LogP contribution is 2.33. The molecule has 2 aromatic heterocycles. The third-order valence-corrected chi connectivity index (χ3v) is 4.14. The van der Waals surface area contributed by atoms with Crippen molar-refractivity contribution in [1.82, 2.24) is 19.9 Å². The predicted octanol–water partition coefficient (Wildman–Crippen LogP) is 1.80. The highest BCUT2D eigenvalue weighted by atomic mass is 32.1. The van der Waals surface area contributed by atoms with Gasteiger partial charge in [0.15, 0.2) is 0 Å². The lowest BCUT2D eigenvalue weighted by atomic mass is 10.1. The van der Waals surface area contributed by atoms with Crippen molar-refractivity contribution in [3.63, 3.8) is 0 Å². The first-order valence-electron chi connectivity index (χ1n) is 6.45. The summed E-state index contributed by atoms with van der Waals surface area (Å²) in [5.74, 6) is 1.10. The zero-order valence-corrected chi connectivity index (χ0v) is 11.9. The van der Waals surface area contributed by atoms with Gasteiger partial charge in [-0.3, -0.25) is 9.78 Å². The molecule has 1 saturated heterocycles. The normalized spacial score (nSPS) is 18.4. The van der Waals surface area contributed by atoms with E-state index in [0.717, 1.165) is 25.1 Å². The SMILES string of the molecule is Cc1nc(N)cc([C@@H]2CCCN2C(=O)c2cncs2)n1. The summed E-state index contributed by atoms with van der Waals surface area (Å²) < 4.78 is 0. The summed E-state index contributed by atoms with van der Waals surface area (Å²) in [7, 11) is 0. The van der Waals surface area contributed by atoms with Crippen LogP contribution in [-0.4, -0.2) is 32.3 Å². The van der Waals surface area contributed by atoms with Gasteiger partial charge in [-0.1, -0.05) is 0 Å². The molecule has 3 heterocycles. The number of amides is 1. The smallest absolute Gasteiger partial charge is 0.266 e. The summed E-state index contributed by atoms with van der Waals surface area (Å²) in [6.07, 6.45) is 3.49. The van der Waals surface area contributed by atoms with E-state index in [2.05, 4.69) is 15.0 Å². The quantitative estimate of drug-likeness (QED) is 0.911. The lowest BCUT2D eigenvalue weighted by Gasteiger charge is -2.23. The first kappa shape index (κ1) is 13.0. The van der Waals surface area contributed by atoms with Crippen molar-refractivity contribution in [2.45, 2.75) is 25.8 Å². The average Bonchev–Trinajstić information content (AvgIpc) is 3.08. The monoisotopic (exact) mass is 289 g/mol. The second-order valence-electron chi connectivity index (χ2n) is 4.79. The molecule has 1 aliphatic heterocycles. The minimum absolute atomic E-state index is 0.0184. The number of aromatic nitrogens is 3. The lowest BCUT2D eigenvalue weighted by molar-refractivity contribution is 0.0737. The molecule has 0 saturated carbocycles. The minimum atomic E-state index is -0.0198. The summed E-state index contributed by atoms with van der Waals surface area (Å²) >= 11 is 1.36. The highest BCUT2D eigenvalue weighted by Gasteiger charge is 2.32. The number of carbonyl (C=O) groups excluding carboxylic acids is 1. The van der Waals surface area contributed by atoms with Crippen molar-refractivity contribution in [3.05, 3.63) is 34.2 Å². The molecule has 6 nitrogen and oxygen atoms in total. The molecule has 7 heteroatoms. The van der Waals surface area contributed by atoms with E-state index < -0.39 is 0 Å². The second-order valence-corrected chi connectivity index (χ2v) is 5.67. The Morgan fingerprint density at radius 2 is 2.35 bits per heavy atom. The maximum Gasteiger partial charge on any atom is 0.266 e. The van der Waals surface area contributed by atoms with Gasteiger partial charge in [0.25, 0.3) is 5.91 Å². The summed E-state index contributed by atoms with van der Waals surface area (Å²) in [6.45, 7) is 2.55. The van der Waals surface area contributed by atoms with E-state index in [1.54, 1.807) is 17.8 Å². The Morgan fingerprint density at radius 3 is 3.05 bits per heavy atom. The molecule has 20 heavy (non-hydrogen) atoms. The molecule has 0 unspecified atom stereocenters. The van der Waals surface area contributed by atoms with Gasteiger partial charge in [0.05, 0.1) is 23.4 Å². The van der Waals surface area contributed by atoms with E-state index in [0.29, 0.717) is 16.5 Å². The molecular weight excluding hydrogens is 274 g/mol. The van der Waals surface area contributed by atoms with Crippen LogP contribution in [-0.2, 0) is 0 Å². The van der Waals surface area contributed by atoms with Gasteiger partial charge in [-0.2, -0.15) is 0 Å². The maximum absolute atomic E-state index is 12.5. The van der Waals surface area contributed by atoms with Crippen LogP contribution in [0.3, 0.4) is 0 Å². The number of nitrogens with two attached hydrogens (primary N) is 1. The van der Waals surface area contributed by atoms with E-state index in [1.807, 2.05) is 11.8 Å². The summed E-state index contributed by atoms with van der Waals surface area (Å²) in [5, 5.41) is 0. The van der Waals surface area contributed by atoms with Crippen LogP contribution in [0, 0.1) is 6.92 Å². The molecule has 2 aromatic rings. The van der Waals surface area contributed by atoms with Crippen LogP contribution in [0.2, 0.25) is 0 Å². The van der Waals surface area contributed by atoms with Crippen molar-refractivity contribution in [2.75, 3.05) is 12.3 Å². The van der Waals surface area contributed by atoms with Crippen molar-refractivity contribution in [2.24, 2.45) is 0 Å². The van der Waals surface area contributed by atoms with Crippen molar-refractivity contribution in [3.8, 4) is 0 Å². The van der Waals surface area contributed by atoms with Gasteiger partial charge in [-0.05, 0) is 19.8 Å². The number of hydrogen-bond donors (Lipinski definition) is 1. The van der Waals surface area contributed by atoms with Crippen LogP contribution in [0.1, 0.15) is 40.1 Å². The van der Waals surface area contributed by atoms with E-state index >= 15 is 0 Å². The molecule has 0 spiro atoms. The molecule has 104 valence electrons. The fraction of sp³-hybridized carbons (Fsp3) is 0.385. The zero-order chi connectivity index (χ0) is 14.1. The number of anilines is 1. The number of nitrogens with zero attached hydrogens (tertiary/aromatic N) is 4. The minimum Gasteiger partial charge on any atom is -0.384 e. The average molecular weight is 289 g/mol. The molecule has 1 atom stereocenters. The number of aryl methyl sites for hydroxylation is 1. The van der Waals surface area contributed by atoms with Crippen molar-refractivity contribution in [1.29, 1.82) is 0 Å². The lowest BCUT2D eigenvalue weighted by Crippen LogP contribution is -2.30. The van der Waals surface area contributed by atoms with Crippen molar-refractivity contribution < 1.29 is 4.79 Å². The standard InChI is InChI=1S/C13H15N5OS/c1-8-16-9(5-12(14)17-8)10-3-2-4-18(10)13(19)11-6-15-7-20-11/h5-7,10H,2-4H2,1H3,(H2,14,16,17)/t10-/m0/s1. The number of hydrogen-bond acceptors (Lipinski definition) is 6. The Bertz CT molecular complexity index is 607.